The Labute approximate surface area is 107 Å². The van der Waals surface area contributed by atoms with Crippen LogP contribution in [0.3, 0.4) is 0 Å². The van der Waals surface area contributed by atoms with Gasteiger partial charge in [0.15, 0.2) is 0 Å². The summed E-state index contributed by atoms with van der Waals surface area (Å²) in [7, 11) is 2.14. The smallest absolute Gasteiger partial charge is 0.00953 e. The minimum atomic E-state index is 0.732. The molecule has 0 aliphatic heterocycles. The molecule has 0 aromatic rings. The maximum Gasteiger partial charge on any atom is 0.00953 e. The van der Waals surface area contributed by atoms with E-state index in [0.29, 0.717) is 0 Å². The zero-order valence-electron chi connectivity index (χ0n) is 11.5. The molecule has 0 saturated heterocycles. The molecule has 0 aromatic heterocycles. The SMILES string of the molecule is C=CCCC(NC)C1CCC2CCCCC2C1. The lowest BCUT2D eigenvalue weighted by Gasteiger charge is -2.42. The van der Waals surface area contributed by atoms with E-state index >= 15 is 0 Å². The summed E-state index contributed by atoms with van der Waals surface area (Å²) in [6.07, 6.45) is 15.0. The third kappa shape index (κ3) is 3.34. The van der Waals surface area contributed by atoms with E-state index in [1.807, 2.05) is 0 Å². The molecule has 1 nitrogen and oxygen atoms in total. The first kappa shape index (κ1) is 13.1. The van der Waals surface area contributed by atoms with Gasteiger partial charge in [-0.2, -0.15) is 0 Å². The quantitative estimate of drug-likeness (QED) is 0.706. The first-order valence-corrected chi connectivity index (χ1v) is 7.63. The lowest BCUT2D eigenvalue weighted by Crippen LogP contribution is -2.39. The Morgan fingerprint density at radius 2 is 1.94 bits per heavy atom. The van der Waals surface area contributed by atoms with Gasteiger partial charge in [-0.05, 0) is 56.9 Å². The number of fused-ring (bicyclic) bond motifs is 1. The zero-order valence-corrected chi connectivity index (χ0v) is 11.5. The van der Waals surface area contributed by atoms with Gasteiger partial charge >= 0.3 is 0 Å². The van der Waals surface area contributed by atoms with Crippen LogP contribution in [0.4, 0.5) is 0 Å². The Bertz CT molecular complexity index is 236. The fraction of sp³-hybridized carbons (Fsp3) is 0.875. The summed E-state index contributed by atoms with van der Waals surface area (Å²) in [5, 5.41) is 3.55. The summed E-state index contributed by atoms with van der Waals surface area (Å²) < 4.78 is 0. The standard InChI is InChI=1S/C16H29N/c1-3-4-9-16(17-2)15-11-10-13-7-5-6-8-14(13)12-15/h3,13-17H,1,4-12H2,2H3. The minimum Gasteiger partial charge on any atom is -0.317 e. The number of nitrogens with one attached hydrogen (secondary N) is 1. The van der Waals surface area contributed by atoms with Crippen LogP contribution in [-0.2, 0) is 0 Å². The normalized spacial score (nSPS) is 35.0. The van der Waals surface area contributed by atoms with E-state index in [9.17, 15) is 0 Å². The second-order valence-electron chi connectivity index (χ2n) is 6.14. The molecule has 0 radical (unpaired) electrons. The molecule has 98 valence electrons. The van der Waals surface area contributed by atoms with Crippen molar-refractivity contribution in [3.05, 3.63) is 12.7 Å². The molecule has 0 amide bonds. The van der Waals surface area contributed by atoms with Crippen LogP contribution in [0.2, 0.25) is 0 Å². The van der Waals surface area contributed by atoms with Crippen LogP contribution in [0, 0.1) is 17.8 Å². The van der Waals surface area contributed by atoms with Crippen molar-refractivity contribution in [3.8, 4) is 0 Å². The highest BCUT2D eigenvalue weighted by atomic mass is 14.9. The average Bonchev–Trinajstić information content (AvgIpc) is 2.39. The molecule has 17 heavy (non-hydrogen) atoms. The molecule has 2 aliphatic rings. The first-order valence-electron chi connectivity index (χ1n) is 7.63. The van der Waals surface area contributed by atoms with Gasteiger partial charge in [-0.25, -0.2) is 0 Å². The lowest BCUT2D eigenvalue weighted by molar-refractivity contribution is 0.109. The maximum atomic E-state index is 3.85. The molecule has 0 aromatic carbocycles. The van der Waals surface area contributed by atoms with Gasteiger partial charge in [-0.1, -0.05) is 31.8 Å². The van der Waals surface area contributed by atoms with Gasteiger partial charge in [-0.3, -0.25) is 0 Å². The molecule has 0 spiro atoms. The van der Waals surface area contributed by atoms with Crippen molar-refractivity contribution in [1.82, 2.24) is 5.32 Å². The van der Waals surface area contributed by atoms with E-state index in [4.69, 9.17) is 0 Å². The monoisotopic (exact) mass is 235 g/mol. The van der Waals surface area contributed by atoms with Crippen molar-refractivity contribution >= 4 is 0 Å². The van der Waals surface area contributed by atoms with Crippen LogP contribution in [0.1, 0.15) is 57.8 Å². The summed E-state index contributed by atoms with van der Waals surface area (Å²) in [5.74, 6) is 3.07. The number of allylic oxidation sites excluding steroid dienone is 1. The fourth-order valence-corrected chi connectivity index (χ4v) is 4.19. The van der Waals surface area contributed by atoms with Crippen LogP contribution < -0.4 is 5.32 Å². The number of hydrogen-bond acceptors (Lipinski definition) is 1. The topological polar surface area (TPSA) is 12.0 Å². The Balaban J connectivity index is 1.86. The van der Waals surface area contributed by atoms with Crippen LogP contribution in [0.15, 0.2) is 12.7 Å². The molecule has 2 fully saturated rings. The van der Waals surface area contributed by atoms with Crippen LogP contribution in [0.25, 0.3) is 0 Å². The number of rotatable bonds is 5. The molecule has 0 heterocycles. The molecule has 0 bridgehead atoms. The molecule has 2 aliphatic carbocycles. The molecular weight excluding hydrogens is 206 g/mol. The van der Waals surface area contributed by atoms with Gasteiger partial charge in [0.2, 0.25) is 0 Å². The molecule has 2 rings (SSSR count). The van der Waals surface area contributed by atoms with Gasteiger partial charge in [0, 0.05) is 6.04 Å². The van der Waals surface area contributed by atoms with Gasteiger partial charge in [0.05, 0.1) is 0 Å². The molecular formula is C16H29N. The van der Waals surface area contributed by atoms with Crippen LogP contribution >= 0.6 is 0 Å². The summed E-state index contributed by atoms with van der Waals surface area (Å²) in [6, 6.07) is 0.732. The van der Waals surface area contributed by atoms with Crippen molar-refractivity contribution in [3.63, 3.8) is 0 Å². The largest absolute Gasteiger partial charge is 0.317 e. The van der Waals surface area contributed by atoms with Crippen molar-refractivity contribution in [2.24, 2.45) is 17.8 Å². The van der Waals surface area contributed by atoms with Gasteiger partial charge in [-0.15, -0.1) is 6.58 Å². The lowest BCUT2D eigenvalue weighted by atomic mass is 9.66. The third-order valence-electron chi connectivity index (χ3n) is 5.20. The average molecular weight is 235 g/mol. The van der Waals surface area contributed by atoms with Gasteiger partial charge in [0.25, 0.3) is 0 Å². The molecule has 4 unspecified atom stereocenters. The molecule has 1 N–H and O–H groups in total. The highest BCUT2D eigenvalue weighted by Crippen LogP contribution is 2.43. The Morgan fingerprint density at radius 1 is 1.18 bits per heavy atom. The zero-order chi connectivity index (χ0) is 12.1. The molecule has 2 saturated carbocycles. The van der Waals surface area contributed by atoms with E-state index < -0.39 is 0 Å². The highest BCUT2D eigenvalue weighted by Gasteiger charge is 2.34. The van der Waals surface area contributed by atoms with Crippen molar-refractivity contribution in [1.29, 1.82) is 0 Å². The van der Waals surface area contributed by atoms with Crippen molar-refractivity contribution in [2.45, 2.75) is 63.8 Å². The first-order chi connectivity index (χ1) is 8.35. The van der Waals surface area contributed by atoms with E-state index in [1.54, 1.807) is 0 Å². The minimum absolute atomic E-state index is 0.732. The second-order valence-corrected chi connectivity index (χ2v) is 6.14. The Morgan fingerprint density at radius 3 is 2.65 bits per heavy atom. The van der Waals surface area contributed by atoms with E-state index in [-0.39, 0.29) is 0 Å². The third-order valence-corrected chi connectivity index (χ3v) is 5.20. The van der Waals surface area contributed by atoms with Crippen LogP contribution in [0.5, 0.6) is 0 Å². The summed E-state index contributed by atoms with van der Waals surface area (Å²) in [6.45, 7) is 3.85. The fourth-order valence-electron chi connectivity index (χ4n) is 4.19. The summed E-state index contributed by atoms with van der Waals surface area (Å²) in [5.41, 5.74) is 0. The predicted molar refractivity (Wildman–Crippen MR) is 75.1 cm³/mol. The van der Waals surface area contributed by atoms with E-state index in [1.165, 1.54) is 51.4 Å². The van der Waals surface area contributed by atoms with Crippen molar-refractivity contribution in [2.75, 3.05) is 7.05 Å². The van der Waals surface area contributed by atoms with E-state index in [2.05, 4.69) is 25.0 Å². The van der Waals surface area contributed by atoms with Gasteiger partial charge < -0.3 is 5.32 Å². The predicted octanol–water partition coefficient (Wildman–Crippen LogP) is 4.15. The van der Waals surface area contributed by atoms with Crippen molar-refractivity contribution < 1.29 is 0 Å². The summed E-state index contributed by atoms with van der Waals surface area (Å²) in [4.78, 5) is 0. The second kappa shape index (κ2) is 6.58. The molecule has 4 atom stereocenters. The summed E-state index contributed by atoms with van der Waals surface area (Å²) >= 11 is 0. The maximum absolute atomic E-state index is 3.85. The van der Waals surface area contributed by atoms with Crippen LogP contribution in [-0.4, -0.2) is 13.1 Å². The Kier molecular flexibility index (Phi) is 5.09. The van der Waals surface area contributed by atoms with E-state index in [0.717, 1.165) is 30.2 Å². The Hall–Kier alpha value is -0.300. The van der Waals surface area contributed by atoms with Gasteiger partial charge in [0.1, 0.15) is 0 Å². The highest BCUT2D eigenvalue weighted by molar-refractivity contribution is 4.88. The number of hydrogen-bond donors (Lipinski definition) is 1. The molecule has 1 heteroatoms.